The lowest BCUT2D eigenvalue weighted by Crippen LogP contribution is -2.41. The molecule has 0 unspecified atom stereocenters. The van der Waals surface area contributed by atoms with Crippen LogP contribution in [0.4, 0.5) is 27.9 Å². The molecule has 3 amide bonds. The maximum atomic E-state index is 13.5. The molecule has 0 aliphatic carbocycles. The Bertz CT molecular complexity index is 2300. The molecule has 4 N–H and O–H groups in total. The molecule has 4 heterocycles. The Hall–Kier alpha value is -6.38. The number of fused-ring (bicyclic) bond motifs is 1. The lowest BCUT2D eigenvalue weighted by atomic mass is 9.92. The monoisotopic (exact) mass is 754 g/mol. The van der Waals surface area contributed by atoms with Crippen LogP contribution in [0.3, 0.4) is 0 Å². The minimum atomic E-state index is -0.392. The van der Waals surface area contributed by atoms with Crippen molar-refractivity contribution >= 4 is 45.9 Å². The van der Waals surface area contributed by atoms with Crippen molar-refractivity contribution in [2.45, 2.75) is 39.7 Å². The lowest BCUT2D eigenvalue weighted by Gasteiger charge is -2.26. The van der Waals surface area contributed by atoms with Crippen LogP contribution in [0, 0.1) is 6.92 Å². The number of hydrogen-bond donors (Lipinski definition) is 4. The summed E-state index contributed by atoms with van der Waals surface area (Å²) in [7, 11) is 0. The standard InChI is InChI=1S/C42H46N10O4/c1-28-9-11-30(12-10-28)52-39(24-36(50-52)42(2,3)4)49-41(54)47-33-13-14-35(32-8-6-5-7-31(32)33)56-27-29-15-16-43-37(23-29)48-38-26-45-34(25-46-38)40(53)44-17-18-51-19-21-55-22-20-51/h5-16,23-26H,17-22,27H2,1-4H3,(H,44,53)(H,43,46,48)(H2,47,49,54). The van der Waals surface area contributed by atoms with Gasteiger partial charge in [-0.3, -0.25) is 15.0 Å². The van der Waals surface area contributed by atoms with Crippen molar-refractivity contribution in [1.29, 1.82) is 0 Å². The van der Waals surface area contributed by atoms with E-state index in [-0.39, 0.29) is 23.6 Å². The fourth-order valence-corrected chi connectivity index (χ4v) is 6.17. The maximum absolute atomic E-state index is 13.5. The van der Waals surface area contributed by atoms with Crippen molar-refractivity contribution in [3.63, 3.8) is 0 Å². The van der Waals surface area contributed by atoms with Gasteiger partial charge in [0.15, 0.2) is 0 Å². The van der Waals surface area contributed by atoms with Gasteiger partial charge in [-0.2, -0.15) is 5.10 Å². The van der Waals surface area contributed by atoms with Gasteiger partial charge in [-0.25, -0.2) is 24.4 Å². The summed E-state index contributed by atoms with van der Waals surface area (Å²) in [5, 5.41) is 18.6. The van der Waals surface area contributed by atoms with Crippen LogP contribution in [0.15, 0.2) is 97.5 Å². The van der Waals surface area contributed by atoms with E-state index in [4.69, 9.17) is 14.6 Å². The van der Waals surface area contributed by atoms with E-state index in [0.717, 1.165) is 66.1 Å². The zero-order valence-electron chi connectivity index (χ0n) is 32.0. The number of morpholine rings is 1. The number of rotatable bonds is 12. The molecule has 1 aliphatic heterocycles. The fraction of sp³-hybridized carbons (Fsp3) is 0.286. The molecule has 0 bridgehead atoms. The van der Waals surface area contributed by atoms with Gasteiger partial charge in [-0.05, 0) is 48.9 Å². The second-order valence-electron chi connectivity index (χ2n) is 14.6. The number of aromatic nitrogens is 5. The van der Waals surface area contributed by atoms with E-state index >= 15 is 0 Å². The molecule has 0 spiro atoms. The smallest absolute Gasteiger partial charge is 0.324 e. The molecule has 7 rings (SSSR count). The van der Waals surface area contributed by atoms with Crippen molar-refractivity contribution < 1.29 is 19.1 Å². The fourth-order valence-electron chi connectivity index (χ4n) is 6.17. The van der Waals surface area contributed by atoms with Gasteiger partial charge in [0.2, 0.25) is 0 Å². The highest BCUT2D eigenvalue weighted by molar-refractivity contribution is 6.07. The quantitative estimate of drug-likeness (QED) is 0.104. The Kier molecular flexibility index (Phi) is 11.5. The van der Waals surface area contributed by atoms with Gasteiger partial charge in [0.05, 0.1) is 42.7 Å². The van der Waals surface area contributed by atoms with E-state index < -0.39 is 6.03 Å². The Morgan fingerprint density at radius 3 is 2.39 bits per heavy atom. The van der Waals surface area contributed by atoms with Crippen LogP contribution in [0.5, 0.6) is 5.75 Å². The van der Waals surface area contributed by atoms with Crippen molar-refractivity contribution in [2.75, 3.05) is 55.3 Å². The Balaban J connectivity index is 0.973. The number of anilines is 4. The average molecular weight is 755 g/mol. The van der Waals surface area contributed by atoms with E-state index in [0.29, 0.717) is 35.4 Å². The molecule has 288 valence electrons. The summed E-state index contributed by atoms with van der Waals surface area (Å²) in [4.78, 5) is 41.4. The molecule has 3 aromatic carbocycles. The van der Waals surface area contributed by atoms with Crippen LogP contribution in [-0.2, 0) is 16.8 Å². The number of urea groups is 1. The van der Waals surface area contributed by atoms with Crippen LogP contribution in [0.25, 0.3) is 16.5 Å². The molecule has 1 aliphatic rings. The van der Waals surface area contributed by atoms with Crippen molar-refractivity contribution in [3.8, 4) is 11.4 Å². The van der Waals surface area contributed by atoms with E-state index in [2.05, 4.69) is 61.9 Å². The number of hydrogen-bond acceptors (Lipinski definition) is 10. The van der Waals surface area contributed by atoms with Gasteiger partial charge in [-0.15, -0.1) is 0 Å². The van der Waals surface area contributed by atoms with Crippen molar-refractivity contribution in [3.05, 3.63) is 120 Å². The second-order valence-corrected chi connectivity index (χ2v) is 14.6. The SMILES string of the molecule is Cc1ccc(-n2nc(C(C)(C)C)cc2NC(=O)Nc2ccc(OCc3ccnc(Nc4cnc(C(=O)NCCN5CCOCC5)cn4)c3)c3ccccc23)cc1. The highest BCUT2D eigenvalue weighted by atomic mass is 16.5. The molecule has 3 aromatic heterocycles. The van der Waals surface area contributed by atoms with Gasteiger partial charge in [-0.1, -0.05) is 62.7 Å². The Labute approximate surface area is 325 Å². The third-order valence-corrected chi connectivity index (χ3v) is 9.31. The van der Waals surface area contributed by atoms with Crippen LogP contribution in [0.1, 0.15) is 48.1 Å². The van der Waals surface area contributed by atoms with Gasteiger partial charge >= 0.3 is 6.03 Å². The first-order valence-electron chi connectivity index (χ1n) is 18.6. The summed E-state index contributed by atoms with van der Waals surface area (Å²) in [5.74, 6) is 1.96. The number of ether oxygens (including phenoxy) is 2. The Morgan fingerprint density at radius 2 is 1.64 bits per heavy atom. The second kappa shape index (κ2) is 17.0. The number of nitrogens with one attached hydrogen (secondary N) is 4. The minimum Gasteiger partial charge on any atom is -0.488 e. The van der Waals surface area contributed by atoms with Crippen LogP contribution >= 0.6 is 0 Å². The molecule has 0 atom stereocenters. The third kappa shape index (κ3) is 9.46. The van der Waals surface area contributed by atoms with E-state index in [1.165, 1.54) is 12.4 Å². The summed E-state index contributed by atoms with van der Waals surface area (Å²) in [6.45, 7) is 13.0. The molecule has 6 aromatic rings. The third-order valence-electron chi connectivity index (χ3n) is 9.31. The molecule has 0 radical (unpaired) electrons. The largest absolute Gasteiger partial charge is 0.488 e. The average Bonchev–Trinajstić information content (AvgIpc) is 3.63. The minimum absolute atomic E-state index is 0.214. The van der Waals surface area contributed by atoms with Crippen LogP contribution in [0.2, 0.25) is 0 Å². The summed E-state index contributed by atoms with van der Waals surface area (Å²) in [6, 6.07) is 24.7. The van der Waals surface area contributed by atoms with Crippen LogP contribution in [-0.4, -0.2) is 81.0 Å². The van der Waals surface area contributed by atoms with Crippen molar-refractivity contribution in [1.82, 2.24) is 34.9 Å². The first-order chi connectivity index (χ1) is 27.1. The molecule has 14 heteroatoms. The van der Waals surface area contributed by atoms with Gasteiger partial charge in [0.1, 0.15) is 35.5 Å². The summed E-state index contributed by atoms with van der Waals surface area (Å²) in [6.07, 6.45) is 4.63. The first kappa shape index (κ1) is 37.9. The lowest BCUT2D eigenvalue weighted by molar-refractivity contribution is 0.0383. The summed E-state index contributed by atoms with van der Waals surface area (Å²) < 4.78 is 13.4. The summed E-state index contributed by atoms with van der Waals surface area (Å²) >= 11 is 0. The maximum Gasteiger partial charge on any atom is 0.324 e. The highest BCUT2D eigenvalue weighted by Crippen LogP contribution is 2.33. The molecule has 1 saturated heterocycles. The number of aryl methyl sites for hydroxylation is 1. The molecular weight excluding hydrogens is 709 g/mol. The number of carbonyl (C=O) groups is 2. The first-order valence-corrected chi connectivity index (χ1v) is 18.6. The number of amides is 3. The van der Waals surface area contributed by atoms with Gasteiger partial charge in [0.25, 0.3) is 5.91 Å². The molecule has 1 fully saturated rings. The van der Waals surface area contributed by atoms with Crippen LogP contribution < -0.4 is 26.0 Å². The number of carbonyl (C=O) groups excluding carboxylic acids is 2. The van der Waals surface area contributed by atoms with E-state index in [1.807, 2.05) is 85.8 Å². The zero-order chi connectivity index (χ0) is 39.1. The molecule has 0 saturated carbocycles. The number of nitrogens with zero attached hydrogens (tertiary/aromatic N) is 6. The molecule has 56 heavy (non-hydrogen) atoms. The topological polar surface area (TPSA) is 160 Å². The van der Waals surface area contributed by atoms with Crippen molar-refractivity contribution in [2.24, 2.45) is 0 Å². The Morgan fingerprint density at radius 1 is 0.857 bits per heavy atom. The predicted octanol–water partition coefficient (Wildman–Crippen LogP) is 6.85. The summed E-state index contributed by atoms with van der Waals surface area (Å²) in [5.41, 5.74) is 4.38. The predicted molar refractivity (Wildman–Crippen MR) is 217 cm³/mol. The van der Waals surface area contributed by atoms with Gasteiger partial charge in [0, 0.05) is 54.6 Å². The molecular formula is C42H46N10O4. The zero-order valence-corrected chi connectivity index (χ0v) is 32.0. The number of benzene rings is 3. The highest BCUT2D eigenvalue weighted by Gasteiger charge is 2.22. The normalized spacial score (nSPS) is 13.3. The number of pyridine rings is 1. The van der Waals surface area contributed by atoms with E-state index in [9.17, 15) is 9.59 Å². The van der Waals surface area contributed by atoms with E-state index in [1.54, 1.807) is 10.9 Å². The van der Waals surface area contributed by atoms with Gasteiger partial charge < -0.3 is 25.4 Å². The molecule has 14 nitrogen and oxygen atoms in total.